The van der Waals surface area contributed by atoms with Gasteiger partial charge in [-0.3, -0.25) is 4.98 Å². The third-order valence-corrected chi connectivity index (χ3v) is 5.80. The molecule has 0 bridgehead atoms. The fourth-order valence-corrected chi connectivity index (χ4v) is 4.84. The number of nitrogens with one attached hydrogen (secondary N) is 1. The van der Waals surface area contributed by atoms with E-state index in [0.717, 1.165) is 11.1 Å². The Labute approximate surface area is 122 Å². The van der Waals surface area contributed by atoms with Gasteiger partial charge in [-0.1, -0.05) is 30.3 Å². The van der Waals surface area contributed by atoms with E-state index >= 15 is 0 Å². The number of nitrogens with zero attached hydrogens (tertiary/aromatic N) is 1. The number of aromatic nitrogens is 1. The Balaban J connectivity index is 1.97. The molecule has 104 valence electrons. The molecule has 5 heteroatoms. The van der Waals surface area contributed by atoms with Gasteiger partial charge in [-0.05, 0) is 23.9 Å². The predicted octanol–water partition coefficient (Wildman–Crippen LogP) is 2.44. The van der Waals surface area contributed by atoms with Gasteiger partial charge in [0.1, 0.15) is 0 Å². The van der Waals surface area contributed by atoms with E-state index in [4.69, 9.17) is 0 Å². The molecule has 4 nitrogen and oxygen atoms in total. The first-order valence-corrected chi connectivity index (χ1v) is 8.10. The van der Waals surface area contributed by atoms with Gasteiger partial charge >= 0.3 is 0 Å². The second kappa shape index (κ2) is 4.30. The number of rotatable bonds is 1. The van der Waals surface area contributed by atoms with E-state index in [1.165, 1.54) is 0 Å². The molecule has 0 fully saturated rings. The van der Waals surface area contributed by atoms with Crippen molar-refractivity contribution in [3.05, 3.63) is 77.1 Å². The molecule has 0 saturated carbocycles. The van der Waals surface area contributed by atoms with Crippen molar-refractivity contribution < 1.29 is 8.42 Å². The van der Waals surface area contributed by atoms with Crippen LogP contribution >= 0.6 is 0 Å². The Morgan fingerprint density at radius 1 is 1.10 bits per heavy atom. The number of dihydropyridines is 1. The molecule has 2 aliphatic rings. The van der Waals surface area contributed by atoms with Gasteiger partial charge in [-0.2, -0.15) is 0 Å². The zero-order valence-corrected chi connectivity index (χ0v) is 11.8. The molecule has 1 unspecified atom stereocenters. The zero-order chi connectivity index (χ0) is 14.4. The predicted molar refractivity (Wildman–Crippen MR) is 79.8 cm³/mol. The number of pyridine rings is 1. The zero-order valence-electron chi connectivity index (χ0n) is 11.0. The molecule has 0 aliphatic carbocycles. The van der Waals surface area contributed by atoms with Crippen LogP contribution in [0.4, 0.5) is 0 Å². The first kappa shape index (κ1) is 12.3. The molecule has 0 amide bonds. The van der Waals surface area contributed by atoms with Gasteiger partial charge in [-0.25, -0.2) is 8.42 Å². The maximum atomic E-state index is 12.9. The second-order valence-electron chi connectivity index (χ2n) is 5.01. The molecule has 1 N–H and O–H groups in total. The summed E-state index contributed by atoms with van der Waals surface area (Å²) in [5.41, 5.74) is 2.30. The topological polar surface area (TPSA) is 59.1 Å². The summed E-state index contributed by atoms with van der Waals surface area (Å²) in [5, 5.41) is 3.09. The maximum Gasteiger partial charge on any atom is 0.206 e. The third-order valence-electron chi connectivity index (χ3n) is 3.82. The highest BCUT2D eigenvalue weighted by Crippen LogP contribution is 2.46. The van der Waals surface area contributed by atoms with Crippen molar-refractivity contribution in [2.45, 2.75) is 10.8 Å². The summed E-state index contributed by atoms with van der Waals surface area (Å²) < 4.78 is 25.7. The van der Waals surface area contributed by atoms with Crippen LogP contribution in [0.5, 0.6) is 0 Å². The minimum Gasteiger partial charge on any atom is -0.361 e. The molecule has 3 heterocycles. The highest BCUT2D eigenvalue weighted by Gasteiger charge is 2.40. The van der Waals surface area contributed by atoms with Gasteiger partial charge in [0.25, 0.3) is 0 Å². The van der Waals surface area contributed by atoms with Gasteiger partial charge in [0, 0.05) is 23.9 Å². The van der Waals surface area contributed by atoms with Crippen molar-refractivity contribution in [1.82, 2.24) is 10.3 Å². The molecular weight excluding hydrogens is 284 g/mol. The van der Waals surface area contributed by atoms with E-state index in [1.807, 2.05) is 30.3 Å². The van der Waals surface area contributed by atoms with Crippen LogP contribution in [0.25, 0.3) is 5.70 Å². The lowest BCUT2D eigenvalue weighted by Crippen LogP contribution is -2.16. The summed E-state index contributed by atoms with van der Waals surface area (Å²) >= 11 is 0. The van der Waals surface area contributed by atoms with Crippen LogP contribution in [0.1, 0.15) is 17.0 Å². The molecule has 1 aromatic carbocycles. The summed E-state index contributed by atoms with van der Waals surface area (Å²) in [6, 6.07) is 10.8. The number of sulfone groups is 1. The van der Waals surface area contributed by atoms with Crippen LogP contribution in [0.3, 0.4) is 0 Å². The van der Waals surface area contributed by atoms with Crippen molar-refractivity contribution in [2.75, 3.05) is 0 Å². The molecule has 1 atom stereocenters. The van der Waals surface area contributed by atoms with Gasteiger partial charge in [-0.15, -0.1) is 0 Å². The monoisotopic (exact) mass is 296 g/mol. The average Bonchev–Trinajstić information content (AvgIpc) is 2.77. The first-order chi connectivity index (χ1) is 10.2. The van der Waals surface area contributed by atoms with Crippen molar-refractivity contribution in [3.63, 3.8) is 0 Å². The van der Waals surface area contributed by atoms with E-state index < -0.39 is 9.84 Å². The number of hydrogen-bond acceptors (Lipinski definition) is 4. The van der Waals surface area contributed by atoms with Crippen LogP contribution in [0.2, 0.25) is 0 Å². The van der Waals surface area contributed by atoms with E-state index in [0.29, 0.717) is 15.5 Å². The summed E-state index contributed by atoms with van der Waals surface area (Å²) in [5.74, 6) is -0.299. The highest BCUT2D eigenvalue weighted by molar-refractivity contribution is 7.96. The molecular formula is C16H12N2O2S. The van der Waals surface area contributed by atoms with Gasteiger partial charge in [0.15, 0.2) is 0 Å². The molecule has 0 radical (unpaired) electrons. The minimum atomic E-state index is -3.47. The lowest BCUT2D eigenvalue weighted by molar-refractivity contribution is 0.601. The number of hydrogen-bond donors (Lipinski definition) is 1. The normalized spacial score (nSPS) is 21.6. The van der Waals surface area contributed by atoms with Crippen molar-refractivity contribution in [1.29, 1.82) is 0 Å². The number of allylic oxidation sites excluding steroid dienone is 2. The van der Waals surface area contributed by atoms with Crippen molar-refractivity contribution in [3.8, 4) is 0 Å². The SMILES string of the molecule is O=S1(=O)C2=C(NC=CC2c2cccnc2)c2ccccc21. The van der Waals surface area contributed by atoms with Crippen molar-refractivity contribution in [2.24, 2.45) is 0 Å². The second-order valence-corrected chi connectivity index (χ2v) is 6.89. The van der Waals surface area contributed by atoms with Gasteiger partial charge in [0.2, 0.25) is 9.84 Å². The fraction of sp³-hybridized carbons (Fsp3) is 0.0625. The van der Waals surface area contributed by atoms with E-state index in [1.54, 1.807) is 30.7 Å². The van der Waals surface area contributed by atoms with Crippen LogP contribution in [0, 0.1) is 0 Å². The Morgan fingerprint density at radius 3 is 2.76 bits per heavy atom. The van der Waals surface area contributed by atoms with E-state index in [2.05, 4.69) is 10.3 Å². The summed E-state index contributed by atoms with van der Waals surface area (Å²) in [4.78, 5) is 4.89. The third kappa shape index (κ3) is 1.67. The molecule has 0 spiro atoms. The quantitative estimate of drug-likeness (QED) is 0.878. The first-order valence-electron chi connectivity index (χ1n) is 6.61. The minimum absolute atomic E-state index is 0.299. The Bertz CT molecular complexity index is 884. The standard InChI is InChI=1S/C16H12N2O2S/c19-21(20)14-6-2-1-5-13(14)15-16(21)12(7-9-18-15)11-4-3-8-17-10-11/h1-10,12,18H. The van der Waals surface area contributed by atoms with Crippen LogP contribution in [-0.4, -0.2) is 13.4 Å². The van der Waals surface area contributed by atoms with E-state index in [-0.39, 0.29) is 5.92 Å². The Kier molecular flexibility index (Phi) is 2.53. The van der Waals surface area contributed by atoms with E-state index in [9.17, 15) is 8.42 Å². The smallest absolute Gasteiger partial charge is 0.206 e. The largest absolute Gasteiger partial charge is 0.361 e. The fourth-order valence-electron chi connectivity index (χ4n) is 2.90. The molecule has 2 aliphatic heterocycles. The molecule has 1 aromatic heterocycles. The number of benzene rings is 1. The molecule has 21 heavy (non-hydrogen) atoms. The van der Waals surface area contributed by atoms with Crippen LogP contribution in [0.15, 0.2) is 70.9 Å². The van der Waals surface area contributed by atoms with Gasteiger partial charge < -0.3 is 5.32 Å². The van der Waals surface area contributed by atoms with Gasteiger partial charge in [0.05, 0.1) is 15.5 Å². The Morgan fingerprint density at radius 2 is 1.95 bits per heavy atom. The summed E-state index contributed by atoms with van der Waals surface area (Å²) in [7, 11) is -3.47. The average molecular weight is 296 g/mol. The van der Waals surface area contributed by atoms with Crippen molar-refractivity contribution >= 4 is 15.5 Å². The summed E-state index contributed by atoms with van der Waals surface area (Å²) in [6.07, 6.45) is 7.05. The molecule has 4 rings (SSSR count). The summed E-state index contributed by atoms with van der Waals surface area (Å²) in [6.45, 7) is 0. The highest BCUT2D eigenvalue weighted by atomic mass is 32.2. The molecule has 0 saturated heterocycles. The molecule has 2 aromatic rings. The number of fused-ring (bicyclic) bond motifs is 2. The van der Waals surface area contributed by atoms with Crippen LogP contribution in [-0.2, 0) is 9.84 Å². The Hall–Kier alpha value is -2.40. The maximum absolute atomic E-state index is 12.9. The lowest BCUT2D eigenvalue weighted by Gasteiger charge is -2.20. The van der Waals surface area contributed by atoms with Crippen LogP contribution < -0.4 is 5.32 Å². The lowest BCUT2D eigenvalue weighted by atomic mass is 9.95.